The molecule has 0 amide bonds. The Bertz CT molecular complexity index is 238. The first-order valence-electron chi connectivity index (χ1n) is 4.00. The van der Waals surface area contributed by atoms with E-state index in [-0.39, 0.29) is 0 Å². The van der Waals surface area contributed by atoms with E-state index in [9.17, 15) is 0 Å². The first kappa shape index (κ1) is 10.4. The van der Waals surface area contributed by atoms with Crippen LogP contribution < -0.4 is 5.19 Å². The standard InChI is InChI=1S/C9H14O3Si/c1-10-13(11-2,12-3)9-7-5-4-6-8-9/h4-8H,1-3H3/q-1. The van der Waals surface area contributed by atoms with Gasteiger partial charge in [-0.25, -0.2) is 0 Å². The van der Waals surface area contributed by atoms with E-state index in [1.807, 2.05) is 30.3 Å². The van der Waals surface area contributed by atoms with Crippen molar-refractivity contribution in [2.45, 2.75) is 0 Å². The molecular weight excluding hydrogens is 184 g/mol. The monoisotopic (exact) mass is 198 g/mol. The SMILES string of the molecule is CO[Si-](OC)(OC)c1ccccc1. The van der Waals surface area contributed by atoms with Crippen LogP contribution >= 0.6 is 0 Å². The molecule has 3 nitrogen and oxygen atoms in total. The third-order valence-electron chi connectivity index (χ3n) is 1.93. The van der Waals surface area contributed by atoms with Crippen LogP contribution in [0.2, 0.25) is 0 Å². The van der Waals surface area contributed by atoms with Crippen LogP contribution in [0.5, 0.6) is 0 Å². The topological polar surface area (TPSA) is 27.7 Å². The zero-order chi connectivity index (χ0) is 9.73. The van der Waals surface area contributed by atoms with E-state index in [1.54, 1.807) is 21.3 Å². The fraction of sp³-hybridized carbons (Fsp3) is 0.333. The molecule has 0 unspecified atom stereocenters. The second-order valence-electron chi connectivity index (χ2n) is 2.53. The molecule has 0 fully saturated rings. The molecule has 0 heterocycles. The lowest BCUT2D eigenvalue weighted by atomic mass is 10.4. The van der Waals surface area contributed by atoms with Crippen molar-refractivity contribution in [2.75, 3.05) is 21.3 Å². The van der Waals surface area contributed by atoms with Crippen molar-refractivity contribution in [1.82, 2.24) is 0 Å². The van der Waals surface area contributed by atoms with Gasteiger partial charge < -0.3 is 13.3 Å². The van der Waals surface area contributed by atoms with Crippen molar-refractivity contribution in [1.29, 1.82) is 0 Å². The molecule has 0 saturated heterocycles. The second-order valence-corrected chi connectivity index (χ2v) is 5.45. The van der Waals surface area contributed by atoms with Gasteiger partial charge in [0.1, 0.15) is 0 Å². The fourth-order valence-electron chi connectivity index (χ4n) is 1.25. The molecule has 1 rings (SSSR count). The summed E-state index contributed by atoms with van der Waals surface area (Å²) in [6.07, 6.45) is 0. The molecule has 0 bridgehead atoms. The van der Waals surface area contributed by atoms with Crippen LogP contribution in [0.15, 0.2) is 30.3 Å². The van der Waals surface area contributed by atoms with Gasteiger partial charge in [0, 0.05) is 0 Å². The van der Waals surface area contributed by atoms with Gasteiger partial charge in [0.2, 0.25) is 0 Å². The van der Waals surface area contributed by atoms with E-state index in [4.69, 9.17) is 13.3 Å². The smallest absolute Gasteiger partial charge is 0.313 e. The number of hydrogen-bond donors (Lipinski definition) is 0. The lowest BCUT2D eigenvalue weighted by molar-refractivity contribution is 0.140. The Labute approximate surface area is 79.6 Å². The second kappa shape index (κ2) is 4.52. The highest BCUT2D eigenvalue weighted by molar-refractivity contribution is 6.75. The Morgan fingerprint density at radius 3 is 1.69 bits per heavy atom. The number of hydrogen-bond acceptors (Lipinski definition) is 3. The summed E-state index contributed by atoms with van der Waals surface area (Å²) in [5.74, 6) is 0. The Hall–Kier alpha value is -0.683. The van der Waals surface area contributed by atoms with Crippen LogP contribution in [0.3, 0.4) is 0 Å². The largest absolute Gasteiger partial charge is 0.523 e. The molecule has 1 aromatic rings. The summed E-state index contributed by atoms with van der Waals surface area (Å²) in [5.41, 5.74) is 0. The fourth-order valence-corrected chi connectivity index (χ4v) is 3.05. The molecule has 0 aliphatic heterocycles. The quantitative estimate of drug-likeness (QED) is 0.669. The number of rotatable bonds is 4. The zero-order valence-electron chi connectivity index (χ0n) is 8.11. The summed E-state index contributed by atoms with van der Waals surface area (Å²) in [5, 5.41) is 0.975. The molecule has 0 saturated carbocycles. The van der Waals surface area contributed by atoms with Crippen LogP contribution in [0, 0.1) is 0 Å². The van der Waals surface area contributed by atoms with Crippen molar-refractivity contribution in [3.8, 4) is 0 Å². The van der Waals surface area contributed by atoms with Gasteiger partial charge in [-0.2, -0.15) is 0 Å². The normalized spacial score (nSPS) is 11.6. The Kier molecular flexibility index (Phi) is 3.62. The highest BCUT2D eigenvalue weighted by atomic mass is 28.4. The van der Waals surface area contributed by atoms with E-state index in [2.05, 4.69) is 0 Å². The maximum Gasteiger partial charge on any atom is 0.313 e. The first-order chi connectivity index (χ1) is 6.29. The van der Waals surface area contributed by atoms with Gasteiger partial charge in [0.15, 0.2) is 0 Å². The predicted molar refractivity (Wildman–Crippen MR) is 52.9 cm³/mol. The molecule has 0 N–H and O–H groups in total. The van der Waals surface area contributed by atoms with Gasteiger partial charge in [-0.3, -0.25) is 0 Å². The van der Waals surface area contributed by atoms with E-state index in [1.165, 1.54) is 0 Å². The van der Waals surface area contributed by atoms with Crippen molar-refractivity contribution >= 4 is 14.0 Å². The summed E-state index contributed by atoms with van der Waals surface area (Å²) in [7, 11) is 2.22. The van der Waals surface area contributed by atoms with Gasteiger partial charge in [-0.05, 0) is 21.3 Å². The van der Waals surface area contributed by atoms with E-state index in [0.29, 0.717) is 0 Å². The maximum atomic E-state index is 5.32. The molecule has 0 aliphatic rings. The number of benzene rings is 1. The summed E-state index contributed by atoms with van der Waals surface area (Å²) >= 11 is 0. The van der Waals surface area contributed by atoms with Crippen LogP contribution in [0.4, 0.5) is 0 Å². The third kappa shape index (κ3) is 1.97. The van der Waals surface area contributed by atoms with E-state index >= 15 is 0 Å². The van der Waals surface area contributed by atoms with E-state index < -0.39 is 8.80 Å². The predicted octanol–water partition coefficient (Wildman–Crippen LogP) is 0.772. The van der Waals surface area contributed by atoms with Crippen LogP contribution in [-0.4, -0.2) is 30.1 Å². The molecule has 0 aromatic heterocycles. The minimum atomic E-state index is -2.59. The molecule has 13 heavy (non-hydrogen) atoms. The third-order valence-corrected chi connectivity index (χ3v) is 4.59. The summed E-state index contributed by atoms with van der Waals surface area (Å²) < 4.78 is 16.0. The maximum absolute atomic E-state index is 5.32. The Morgan fingerprint density at radius 1 is 0.846 bits per heavy atom. The van der Waals surface area contributed by atoms with Crippen molar-refractivity contribution in [2.24, 2.45) is 0 Å². The molecule has 1 aromatic carbocycles. The van der Waals surface area contributed by atoms with Crippen molar-refractivity contribution < 1.29 is 13.3 Å². The average molecular weight is 198 g/mol. The van der Waals surface area contributed by atoms with Gasteiger partial charge in [0.25, 0.3) is 0 Å². The molecule has 73 valence electrons. The summed E-state index contributed by atoms with van der Waals surface area (Å²) in [4.78, 5) is 0. The molecule has 0 radical (unpaired) electrons. The molecular formula is C9H14O3Si-. The lowest BCUT2D eigenvalue weighted by Crippen LogP contribution is -2.54. The van der Waals surface area contributed by atoms with Gasteiger partial charge in [-0.1, -0.05) is 30.3 Å². The highest BCUT2D eigenvalue weighted by Gasteiger charge is 2.23. The summed E-state index contributed by atoms with van der Waals surface area (Å²) in [6.45, 7) is 0. The van der Waals surface area contributed by atoms with Crippen LogP contribution in [-0.2, 0) is 13.3 Å². The Morgan fingerprint density at radius 2 is 1.31 bits per heavy atom. The van der Waals surface area contributed by atoms with Crippen LogP contribution in [0.25, 0.3) is 0 Å². The van der Waals surface area contributed by atoms with E-state index in [0.717, 1.165) is 5.19 Å². The van der Waals surface area contributed by atoms with Crippen molar-refractivity contribution in [3.63, 3.8) is 0 Å². The minimum Gasteiger partial charge on any atom is -0.523 e. The molecule has 0 atom stereocenters. The first-order valence-corrected chi connectivity index (χ1v) is 5.72. The highest BCUT2D eigenvalue weighted by Crippen LogP contribution is 2.05. The lowest BCUT2D eigenvalue weighted by Gasteiger charge is -2.39. The Balaban J connectivity index is 3.01. The van der Waals surface area contributed by atoms with Gasteiger partial charge in [-0.15, -0.1) is 5.19 Å². The summed E-state index contributed by atoms with van der Waals surface area (Å²) in [6, 6.07) is 9.72. The molecule has 4 heteroatoms. The minimum absolute atomic E-state index is 0.975. The zero-order valence-corrected chi connectivity index (χ0v) is 9.11. The van der Waals surface area contributed by atoms with Crippen molar-refractivity contribution in [3.05, 3.63) is 30.3 Å². The van der Waals surface area contributed by atoms with Crippen LogP contribution in [0.1, 0.15) is 0 Å². The molecule has 0 aliphatic carbocycles. The van der Waals surface area contributed by atoms with Gasteiger partial charge >= 0.3 is 8.80 Å². The van der Waals surface area contributed by atoms with Gasteiger partial charge in [0.05, 0.1) is 0 Å². The molecule has 0 spiro atoms. The average Bonchev–Trinajstić information content (AvgIpc) is 2.23.